The Hall–Kier alpha value is -3.19. The van der Waals surface area contributed by atoms with E-state index in [-0.39, 0.29) is 5.92 Å². The third kappa shape index (κ3) is 4.46. The van der Waals surface area contributed by atoms with Crippen LogP contribution in [0.2, 0.25) is 0 Å². The predicted molar refractivity (Wildman–Crippen MR) is 117 cm³/mol. The van der Waals surface area contributed by atoms with Gasteiger partial charge in [0.1, 0.15) is 17.3 Å². The summed E-state index contributed by atoms with van der Waals surface area (Å²) in [6, 6.07) is 9.69. The van der Waals surface area contributed by atoms with E-state index in [1.54, 1.807) is 24.6 Å². The van der Waals surface area contributed by atoms with Crippen LogP contribution in [0.5, 0.6) is 5.75 Å². The Balaban J connectivity index is 1.65. The van der Waals surface area contributed by atoms with E-state index in [1.807, 2.05) is 30.3 Å². The van der Waals surface area contributed by atoms with E-state index in [4.69, 9.17) is 19.1 Å². The highest BCUT2D eigenvalue weighted by Crippen LogP contribution is 2.40. The van der Waals surface area contributed by atoms with Crippen molar-refractivity contribution in [1.82, 2.24) is 10.4 Å². The van der Waals surface area contributed by atoms with Crippen molar-refractivity contribution in [2.75, 3.05) is 27.3 Å². The predicted octanol–water partition coefficient (Wildman–Crippen LogP) is 4.94. The lowest BCUT2D eigenvalue weighted by atomic mass is 9.92. The van der Waals surface area contributed by atoms with Crippen LogP contribution in [-0.4, -0.2) is 43.4 Å². The van der Waals surface area contributed by atoms with E-state index in [2.05, 4.69) is 12.1 Å². The topological polar surface area (TPSA) is 84.2 Å². The monoisotopic (exact) mass is 424 g/mol. The number of furan rings is 1. The average molecular weight is 424 g/mol. The molecule has 4 rings (SSSR count). The lowest BCUT2D eigenvalue weighted by Gasteiger charge is -2.30. The second-order valence-corrected chi connectivity index (χ2v) is 7.83. The quantitative estimate of drug-likeness (QED) is 0.525. The van der Waals surface area contributed by atoms with Gasteiger partial charge in [0.05, 0.1) is 20.0 Å². The molecule has 164 valence electrons. The molecule has 2 N–H and O–H groups in total. The summed E-state index contributed by atoms with van der Waals surface area (Å²) >= 11 is 0. The number of hydrogen-bond acceptors (Lipinski definition) is 5. The highest BCUT2D eigenvalue weighted by molar-refractivity contribution is 5.80. The van der Waals surface area contributed by atoms with Crippen molar-refractivity contribution in [2.45, 2.75) is 31.6 Å². The summed E-state index contributed by atoms with van der Waals surface area (Å²) in [7, 11) is 3.36. The molecule has 1 aromatic carbocycles. The lowest BCUT2D eigenvalue weighted by Crippen LogP contribution is -2.42. The minimum atomic E-state index is -0.453. The molecule has 1 saturated heterocycles. The first-order valence-corrected chi connectivity index (χ1v) is 10.5. The van der Waals surface area contributed by atoms with Crippen LogP contribution in [0.1, 0.15) is 43.1 Å². The molecule has 0 atom stereocenters. The number of nitrogens with one attached hydrogen (secondary N) is 1. The number of likely N-dealkylation sites (tertiary alicyclic amines) is 1. The first-order valence-electron chi connectivity index (χ1n) is 10.5. The van der Waals surface area contributed by atoms with Crippen molar-refractivity contribution in [1.29, 1.82) is 0 Å². The number of piperidine rings is 1. The molecule has 1 aliphatic heterocycles. The van der Waals surface area contributed by atoms with Crippen LogP contribution in [0.3, 0.4) is 0 Å². The smallest absolute Gasteiger partial charge is 0.341 e. The zero-order valence-electron chi connectivity index (χ0n) is 17.9. The molecule has 2 aromatic rings. The molecule has 2 heterocycles. The molecule has 0 radical (unpaired) electrons. The molecule has 31 heavy (non-hydrogen) atoms. The Morgan fingerprint density at radius 2 is 1.84 bits per heavy atom. The van der Waals surface area contributed by atoms with Crippen LogP contribution in [0, 0.1) is 0 Å². The molecule has 1 fully saturated rings. The van der Waals surface area contributed by atoms with Crippen LogP contribution < -0.4 is 10.2 Å². The fourth-order valence-electron chi connectivity index (χ4n) is 4.25. The van der Waals surface area contributed by atoms with Crippen LogP contribution in [0.15, 0.2) is 52.7 Å². The van der Waals surface area contributed by atoms with Crippen molar-refractivity contribution in [3.63, 3.8) is 0 Å². The van der Waals surface area contributed by atoms with Gasteiger partial charge < -0.3 is 18.8 Å². The first-order chi connectivity index (χ1) is 15.1. The third-order valence-corrected chi connectivity index (χ3v) is 6.10. The number of carbonyl (C=O) groups excluding carboxylic acids is 1. The van der Waals surface area contributed by atoms with Crippen LogP contribution in [0.25, 0.3) is 16.7 Å². The number of hydroxylamine groups is 1. The Morgan fingerprint density at radius 1 is 1.10 bits per heavy atom. The Bertz CT molecular complexity index is 982. The van der Waals surface area contributed by atoms with Crippen molar-refractivity contribution < 1.29 is 23.9 Å². The first kappa shape index (κ1) is 21.1. The number of amides is 2. The molecule has 1 aromatic heterocycles. The highest BCUT2D eigenvalue weighted by Gasteiger charge is 2.28. The second kappa shape index (κ2) is 9.31. The third-order valence-electron chi connectivity index (χ3n) is 6.10. The van der Waals surface area contributed by atoms with Gasteiger partial charge in [-0.15, -0.1) is 0 Å². The van der Waals surface area contributed by atoms with Gasteiger partial charge in [-0.05, 0) is 54.7 Å². The Morgan fingerprint density at radius 3 is 2.42 bits per heavy atom. The molecule has 0 unspecified atom stereocenters. The minimum absolute atomic E-state index is 0.225. The fourth-order valence-corrected chi connectivity index (χ4v) is 4.25. The van der Waals surface area contributed by atoms with E-state index in [0.29, 0.717) is 13.1 Å². The molecular weight excluding hydrogens is 396 g/mol. The summed E-state index contributed by atoms with van der Waals surface area (Å²) < 4.78 is 17.1. The Labute approximate surface area is 181 Å². The Kier molecular flexibility index (Phi) is 6.32. The maximum atomic E-state index is 11.7. The lowest BCUT2D eigenvalue weighted by molar-refractivity contribution is 0.119. The number of ether oxygens (including phenoxy) is 2. The number of nitrogens with zero attached hydrogens (tertiary/aromatic N) is 1. The maximum absolute atomic E-state index is 11.7. The summed E-state index contributed by atoms with van der Waals surface area (Å²) in [5.41, 5.74) is 5.00. The van der Waals surface area contributed by atoms with Gasteiger partial charge in [0, 0.05) is 31.0 Å². The number of urea groups is 1. The summed E-state index contributed by atoms with van der Waals surface area (Å²) in [6.45, 7) is 1.15. The molecule has 0 spiro atoms. The number of hydrogen-bond donors (Lipinski definition) is 2. The number of methoxy groups -OCH3 is 2. The van der Waals surface area contributed by atoms with Crippen molar-refractivity contribution >= 4 is 11.6 Å². The van der Waals surface area contributed by atoms with Gasteiger partial charge in [-0.2, -0.15) is 0 Å². The maximum Gasteiger partial charge on any atom is 0.341 e. The van der Waals surface area contributed by atoms with Crippen LogP contribution in [0.4, 0.5) is 4.79 Å². The highest BCUT2D eigenvalue weighted by atomic mass is 16.5. The zero-order valence-corrected chi connectivity index (χ0v) is 17.9. The van der Waals surface area contributed by atoms with Crippen molar-refractivity contribution in [3.05, 3.63) is 59.8 Å². The summed E-state index contributed by atoms with van der Waals surface area (Å²) in [6.07, 6.45) is 7.35. The average Bonchev–Trinajstić information content (AvgIpc) is 3.29. The van der Waals surface area contributed by atoms with Gasteiger partial charge in [-0.25, -0.2) is 10.3 Å². The summed E-state index contributed by atoms with van der Waals surface area (Å²) in [4.78, 5) is 13.3. The van der Waals surface area contributed by atoms with Gasteiger partial charge in [0.25, 0.3) is 0 Å². The van der Waals surface area contributed by atoms with Crippen molar-refractivity contribution in [3.8, 4) is 16.9 Å². The molecule has 2 amide bonds. The van der Waals surface area contributed by atoms with Gasteiger partial charge in [-0.3, -0.25) is 5.21 Å². The van der Waals surface area contributed by atoms with Gasteiger partial charge in [0.2, 0.25) is 0 Å². The van der Waals surface area contributed by atoms with E-state index < -0.39 is 6.03 Å². The largest absolute Gasteiger partial charge is 0.501 e. The van der Waals surface area contributed by atoms with Gasteiger partial charge in [-0.1, -0.05) is 18.2 Å². The fraction of sp³-hybridized carbons (Fsp3) is 0.375. The van der Waals surface area contributed by atoms with Crippen LogP contribution >= 0.6 is 0 Å². The van der Waals surface area contributed by atoms with Gasteiger partial charge >= 0.3 is 6.03 Å². The summed E-state index contributed by atoms with van der Waals surface area (Å²) in [5, 5.41) is 8.87. The molecule has 2 aliphatic rings. The number of benzene rings is 1. The standard InChI is InChI=1S/C24H28N2O5/c1-29-19-7-3-16(4-8-19)21-15-22(17-11-13-26(14-12-17)24(27)25-28)31-23(21)18-5-9-20(30-2)10-6-18/h3-5,7-9,15,17,28H,6,10-14H2,1-2H3,(H,25,27). The SMILES string of the molecule is COC1=CC=C(c2oc(C3CCN(C(=O)NO)CC3)cc2-c2ccc(OC)cc2)CC1. The van der Waals surface area contributed by atoms with Crippen LogP contribution in [-0.2, 0) is 4.74 Å². The minimum Gasteiger partial charge on any atom is -0.501 e. The van der Waals surface area contributed by atoms with E-state index in [1.165, 1.54) is 0 Å². The number of allylic oxidation sites excluding steroid dienone is 4. The second-order valence-electron chi connectivity index (χ2n) is 7.83. The molecule has 7 heteroatoms. The molecule has 0 saturated carbocycles. The molecule has 7 nitrogen and oxygen atoms in total. The summed E-state index contributed by atoms with van der Waals surface area (Å²) in [5.74, 6) is 3.83. The molecule has 1 aliphatic carbocycles. The number of rotatable bonds is 5. The number of carbonyl (C=O) groups is 1. The normalized spacial score (nSPS) is 17.1. The van der Waals surface area contributed by atoms with Gasteiger partial charge in [0.15, 0.2) is 0 Å². The van der Waals surface area contributed by atoms with Crippen molar-refractivity contribution in [2.24, 2.45) is 0 Å². The zero-order chi connectivity index (χ0) is 21.8. The van der Waals surface area contributed by atoms with E-state index >= 15 is 0 Å². The van der Waals surface area contributed by atoms with E-state index in [0.717, 1.165) is 65.4 Å². The molecule has 0 bridgehead atoms. The van der Waals surface area contributed by atoms with E-state index in [9.17, 15) is 4.79 Å². The molecular formula is C24H28N2O5.